The lowest BCUT2D eigenvalue weighted by molar-refractivity contribution is -0.146. The second-order valence-corrected chi connectivity index (χ2v) is 13.3. The summed E-state index contributed by atoms with van der Waals surface area (Å²) in [5.74, 6) is -10.3. The van der Waals surface area contributed by atoms with E-state index in [9.17, 15) is 53.4 Å². The van der Waals surface area contributed by atoms with Crippen molar-refractivity contribution in [3.05, 3.63) is 0 Å². The van der Waals surface area contributed by atoms with Crippen molar-refractivity contribution in [2.24, 2.45) is 23.3 Å². The first-order chi connectivity index (χ1) is 23.8. The third-order valence-electron chi connectivity index (χ3n) is 8.24. The second kappa shape index (κ2) is 21.3. The Morgan fingerprint density at radius 1 is 0.765 bits per heavy atom. The number of rotatable bonds is 21. The molecule has 21 heteroatoms. The van der Waals surface area contributed by atoms with Crippen LogP contribution in [0.2, 0.25) is 0 Å². The Bertz CT molecular complexity index is 1320. The molecular weight excluding hydrogens is 713 g/mol. The third-order valence-corrected chi connectivity index (χ3v) is 9.00. The lowest BCUT2D eigenvalue weighted by atomic mass is 9.97. The van der Waals surface area contributed by atoms with E-state index in [-0.39, 0.29) is 24.5 Å². The highest BCUT2D eigenvalue weighted by Crippen LogP contribution is 2.21. The monoisotopic (exact) mass is 762 g/mol. The molecule has 0 bridgehead atoms. The molecule has 1 saturated heterocycles. The Morgan fingerprint density at radius 2 is 1.33 bits per heavy atom. The Morgan fingerprint density at radius 3 is 1.82 bits per heavy atom. The molecule has 0 saturated carbocycles. The molecular formula is C30H50N8O11S2. The maximum atomic E-state index is 13.7. The van der Waals surface area contributed by atoms with Gasteiger partial charge in [-0.1, -0.05) is 34.1 Å². The first-order valence-corrected chi connectivity index (χ1v) is 17.6. The summed E-state index contributed by atoms with van der Waals surface area (Å²) in [6.07, 6.45) is -0.668. The SMILES string of the molecule is CC[C@H](C)[C@H](NC(=O)[C@@H](N)CS)C(=O)N[C@@H](CC(=O)O)C(=O)N1CCC[C@H]1C(=O)N[C@H](C(=O)N[C@@H](CC(N)=O)C(=O)N[C@@H](CS)C(=O)O)C(C)C. The standard InChI is InChI=1S/C30H50N8O11S2/c1-5-14(4)23(37-24(42)15(31)11-50)28(46)34-17(10-21(40)41)29(47)38-8-6-7-19(38)26(44)36-22(13(2)3)27(45)33-16(9-20(32)39)25(43)35-18(12-51)30(48)49/h13-19,22-23,50-51H,5-12,31H2,1-4H3,(H2,32,39)(H,33,45)(H,34,46)(H,35,43)(H,36,44)(H,37,42)(H,40,41)(H,48,49)/t14-,15-,16-,17-,18-,19-,22-,23-/m0/s1. The van der Waals surface area contributed by atoms with Crippen molar-refractivity contribution in [3.8, 4) is 0 Å². The second-order valence-electron chi connectivity index (χ2n) is 12.6. The Balaban J connectivity index is 3.23. The van der Waals surface area contributed by atoms with Crippen LogP contribution in [0.15, 0.2) is 0 Å². The molecule has 1 aliphatic heterocycles. The highest BCUT2D eigenvalue weighted by atomic mass is 32.1. The molecule has 0 unspecified atom stereocenters. The molecule has 1 fully saturated rings. The van der Waals surface area contributed by atoms with Gasteiger partial charge < -0.3 is 53.2 Å². The molecule has 51 heavy (non-hydrogen) atoms. The van der Waals surface area contributed by atoms with E-state index < -0.39 is 120 Å². The van der Waals surface area contributed by atoms with Crippen LogP contribution in [0.4, 0.5) is 0 Å². The molecule has 11 N–H and O–H groups in total. The van der Waals surface area contributed by atoms with Crippen molar-refractivity contribution in [2.75, 3.05) is 18.1 Å². The van der Waals surface area contributed by atoms with Gasteiger partial charge in [0.15, 0.2) is 0 Å². The fourth-order valence-corrected chi connectivity index (χ4v) is 5.51. The van der Waals surface area contributed by atoms with Crippen LogP contribution in [0.1, 0.15) is 59.8 Å². The van der Waals surface area contributed by atoms with Gasteiger partial charge in [0, 0.05) is 18.1 Å². The normalized spacial score (nSPS) is 18.2. The highest BCUT2D eigenvalue weighted by Gasteiger charge is 2.41. The van der Waals surface area contributed by atoms with Gasteiger partial charge in [0.05, 0.1) is 18.9 Å². The molecule has 1 heterocycles. The van der Waals surface area contributed by atoms with E-state index in [1.807, 2.05) is 0 Å². The third kappa shape index (κ3) is 13.9. The number of carboxylic acids is 2. The van der Waals surface area contributed by atoms with Gasteiger partial charge >= 0.3 is 11.9 Å². The summed E-state index contributed by atoms with van der Waals surface area (Å²) in [4.78, 5) is 115. The summed E-state index contributed by atoms with van der Waals surface area (Å²) in [7, 11) is 0. The Labute approximate surface area is 306 Å². The van der Waals surface area contributed by atoms with Crippen LogP contribution < -0.4 is 38.1 Å². The molecule has 7 amide bonds. The molecule has 0 spiro atoms. The van der Waals surface area contributed by atoms with Gasteiger partial charge in [0.2, 0.25) is 41.4 Å². The number of carbonyl (C=O) groups excluding carboxylic acids is 7. The van der Waals surface area contributed by atoms with Crippen LogP contribution in [0, 0.1) is 11.8 Å². The van der Waals surface area contributed by atoms with Crippen molar-refractivity contribution < 1.29 is 53.4 Å². The quantitative estimate of drug-likeness (QED) is 0.0514. The zero-order valence-electron chi connectivity index (χ0n) is 28.9. The van der Waals surface area contributed by atoms with Crippen LogP contribution in [0.3, 0.4) is 0 Å². The minimum Gasteiger partial charge on any atom is -0.481 e. The zero-order valence-corrected chi connectivity index (χ0v) is 30.7. The van der Waals surface area contributed by atoms with Crippen molar-refractivity contribution in [3.63, 3.8) is 0 Å². The van der Waals surface area contributed by atoms with Gasteiger partial charge in [-0.3, -0.25) is 38.4 Å². The van der Waals surface area contributed by atoms with Crippen molar-refractivity contribution in [2.45, 2.75) is 102 Å². The van der Waals surface area contributed by atoms with Crippen LogP contribution in [0.5, 0.6) is 0 Å². The van der Waals surface area contributed by atoms with E-state index in [1.165, 1.54) is 0 Å². The van der Waals surface area contributed by atoms with Gasteiger partial charge in [-0.05, 0) is 24.7 Å². The number of thiol groups is 2. The van der Waals surface area contributed by atoms with E-state index in [4.69, 9.17) is 11.5 Å². The molecule has 288 valence electrons. The fourth-order valence-electron chi connectivity index (χ4n) is 5.10. The molecule has 0 radical (unpaired) electrons. The number of hydrogen-bond donors (Lipinski definition) is 11. The zero-order chi connectivity index (χ0) is 39.2. The molecule has 8 atom stereocenters. The molecule has 19 nitrogen and oxygen atoms in total. The predicted molar refractivity (Wildman–Crippen MR) is 188 cm³/mol. The molecule has 0 aromatic carbocycles. The maximum Gasteiger partial charge on any atom is 0.327 e. The summed E-state index contributed by atoms with van der Waals surface area (Å²) in [6.45, 7) is 6.59. The smallest absolute Gasteiger partial charge is 0.327 e. The van der Waals surface area contributed by atoms with Crippen LogP contribution >= 0.6 is 25.3 Å². The summed E-state index contributed by atoms with van der Waals surface area (Å²) in [5, 5.41) is 30.8. The van der Waals surface area contributed by atoms with Gasteiger partial charge in [0.1, 0.15) is 36.3 Å². The fraction of sp³-hybridized carbons (Fsp3) is 0.700. The Hall–Kier alpha value is -4.11. The average molecular weight is 763 g/mol. The minimum absolute atomic E-state index is 0.00848. The first kappa shape index (κ1) is 44.9. The maximum absolute atomic E-state index is 13.7. The molecule has 0 aliphatic carbocycles. The Kier molecular flexibility index (Phi) is 18.8. The number of amides is 7. The minimum atomic E-state index is -1.63. The van der Waals surface area contributed by atoms with Gasteiger partial charge in [-0.2, -0.15) is 25.3 Å². The summed E-state index contributed by atoms with van der Waals surface area (Å²) in [6, 6.07) is -9.38. The van der Waals surface area contributed by atoms with E-state index in [1.54, 1.807) is 27.7 Å². The first-order valence-electron chi connectivity index (χ1n) is 16.3. The number of carbonyl (C=O) groups is 9. The number of nitrogens with one attached hydrogen (secondary N) is 5. The topological polar surface area (TPSA) is 310 Å². The largest absolute Gasteiger partial charge is 0.481 e. The highest BCUT2D eigenvalue weighted by molar-refractivity contribution is 7.80. The number of nitrogens with zero attached hydrogens (tertiary/aromatic N) is 1. The summed E-state index contributed by atoms with van der Waals surface area (Å²) >= 11 is 7.85. The number of primary amides is 1. The number of carboxylic acid groups (broad SMARTS) is 2. The van der Waals surface area contributed by atoms with E-state index in [0.717, 1.165) is 4.90 Å². The molecule has 0 aromatic rings. The van der Waals surface area contributed by atoms with Crippen LogP contribution in [0.25, 0.3) is 0 Å². The van der Waals surface area contributed by atoms with Crippen molar-refractivity contribution in [1.29, 1.82) is 0 Å². The van der Waals surface area contributed by atoms with Crippen molar-refractivity contribution >= 4 is 78.5 Å². The van der Waals surface area contributed by atoms with Crippen molar-refractivity contribution in [1.82, 2.24) is 31.5 Å². The lowest BCUT2D eigenvalue weighted by Crippen LogP contribution is -2.61. The van der Waals surface area contributed by atoms with Gasteiger partial charge in [0.25, 0.3) is 0 Å². The average Bonchev–Trinajstić information content (AvgIpc) is 3.55. The van der Waals surface area contributed by atoms with Gasteiger partial charge in [-0.25, -0.2) is 4.79 Å². The summed E-state index contributed by atoms with van der Waals surface area (Å²) < 4.78 is 0. The summed E-state index contributed by atoms with van der Waals surface area (Å²) in [5.41, 5.74) is 11.0. The predicted octanol–water partition coefficient (Wildman–Crippen LogP) is -3.27. The van der Waals surface area contributed by atoms with Gasteiger partial charge in [-0.15, -0.1) is 0 Å². The number of nitrogens with two attached hydrogens (primary N) is 2. The van der Waals surface area contributed by atoms with E-state index in [0.29, 0.717) is 12.8 Å². The van der Waals surface area contributed by atoms with Crippen LogP contribution in [-0.4, -0.2) is 129 Å². The van der Waals surface area contributed by atoms with Crippen LogP contribution in [-0.2, 0) is 43.2 Å². The molecule has 1 aliphatic rings. The van der Waals surface area contributed by atoms with E-state index in [2.05, 4.69) is 51.8 Å². The molecule has 0 aromatic heterocycles. The molecule has 1 rings (SSSR count). The number of likely N-dealkylation sites (tertiary alicyclic amines) is 1. The number of hydrogen-bond acceptors (Lipinski definition) is 12. The number of aliphatic carboxylic acids is 2. The lowest BCUT2D eigenvalue weighted by Gasteiger charge is -2.31. The van der Waals surface area contributed by atoms with E-state index >= 15 is 0 Å².